The van der Waals surface area contributed by atoms with Crippen molar-refractivity contribution in [3.05, 3.63) is 12.7 Å². The second-order valence-corrected chi connectivity index (χ2v) is 4.26. The standard InChI is InChI=1S/C7H13NS/c1-3-4-7-5-8-9(2)6-7/h3,7H,1,4-6H2,2H3. The van der Waals surface area contributed by atoms with Crippen LogP contribution in [0, 0.1) is 5.92 Å². The molecule has 1 aliphatic heterocycles. The van der Waals surface area contributed by atoms with Crippen LogP contribution in [0.2, 0.25) is 0 Å². The van der Waals surface area contributed by atoms with Crippen LogP contribution in [-0.4, -0.2) is 18.6 Å². The summed E-state index contributed by atoms with van der Waals surface area (Å²) >= 11 is 0. The highest BCUT2D eigenvalue weighted by molar-refractivity contribution is 7.86. The summed E-state index contributed by atoms with van der Waals surface area (Å²) in [5.41, 5.74) is 0. The predicted molar refractivity (Wildman–Crippen MR) is 43.8 cm³/mol. The lowest BCUT2D eigenvalue weighted by Gasteiger charge is -2.00. The lowest BCUT2D eigenvalue weighted by atomic mass is 10.1. The van der Waals surface area contributed by atoms with E-state index in [2.05, 4.69) is 17.2 Å². The lowest BCUT2D eigenvalue weighted by molar-refractivity contribution is 0.640. The second kappa shape index (κ2) is 3.16. The zero-order valence-corrected chi connectivity index (χ0v) is 6.66. The lowest BCUT2D eigenvalue weighted by Crippen LogP contribution is -2.03. The van der Waals surface area contributed by atoms with Gasteiger partial charge in [0.05, 0.1) is 0 Å². The highest BCUT2D eigenvalue weighted by Crippen LogP contribution is 2.13. The van der Waals surface area contributed by atoms with Crippen LogP contribution in [-0.2, 0) is 10.7 Å². The zero-order valence-electron chi connectivity index (χ0n) is 5.84. The van der Waals surface area contributed by atoms with Crippen molar-refractivity contribution in [1.29, 1.82) is 0 Å². The molecule has 1 nitrogen and oxygen atoms in total. The number of allylic oxidation sites excluding steroid dienone is 1. The smallest absolute Gasteiger partial charge is 0.0497 e. The van der Waals surface area contributed by atoms with Gasteiger partial charge in [0.2, 0.25) is 0 Å². The molecule has 52 valence electrons. The van der Waals surface area contributed by atoms with E-state index in [-0.39, 0.29) is 0 Å². The summed E-state index contributed by atoms with van der Waals surface area (Å²) in [6.45, 7) is 4.79. The Morgan fingerprint density at radius 2 is 2.67 bits per heavy atom. The fraction of sp³-hybridized carbons (Fsp3) is 0.714. The molecule has 0 spiro atoms. The van der Waals surface area contributed by atoms with Gasteiger partial charge in [0.25, 0.3) is 0 Å². The molecule has 0 amide bonds. The Balaban J connectivity index is 2.28. The van der Waals surface area contributed by atoms with Crippen LogP contribution in [0.3, 0.4) is 0 Å². The van der Waals surface area contributed by atoms with Gasteiger partial charge in [-0.3, -0.25) is 4.36 Å². The maximum Gasteiger partial charge on any atom is 0.0497 e. The van der Waals surface area contributed by atoms with E-state index >= 15 is 0 Å². The van der Waals surface area contributed by atoms with Crippen LogP contribution in [0.4, 0.5) is 0 Å². The van der Waals surface area contributed by atoms with Gasteiger partial charge in [-0.05, 0) is 18.6 Å². The van der Waals surface area contributed by atoms with Crippen molar-refractivity contribution in [2.24, 2.45) is 10.3 Å². The Hall–Kier alpha value is -0.110. The Labute approximate surface area is 59.3 Å². The molecule has 0 radical (unpaired) electrons. The van der Waals surface area contributed by atoms with Crippen LogP contribution in [0.5, 0.6) is 0 Å². The summed E-state index contributed by atoms with van der Waals surface area (Å²) < 4.78 is 4.42. The molecule has 1 heterocycles. The number of rotatable bonds is 2. The molecule has 0 aromatic rings. The number of hydrogen-bond acceptors (Lipinski definition) is 1. The molecule has 2 heteroatoms. The quantitative estimate of drug-likeness (QED) is 0.521. The third kappa shape index (κ3) is 1.94. The van der Waals surface area contributed by atoms with Gasteiger partial charge in [-0.25, -0.2) is 0 Å². The maximum absolute atomic E-state index is 4.42. The molecule has 1 rings (SSSR count). The monoisotopic (exact) mass is 143 g/mol. The Bertz CT molecular complexity index is 140. The van der Waals surface area contributed by atoms with Crippen molar-refractivity contribution in [3.8, 4) is 0 Å². The first-order chi connectivity index (χ1) is 4.33. The summed E-state index contributed by atoms with van der Waals surface area (Å²) in [4.78, 5) is 0. The Morgan fingerprint density at radius 1 is 1.89 bits per heavy atom. The van der Waals surface area contributed by atoms with Crippen molar-refractivity contribution >= 4 is 10.7 Å². The fourth-order valence-corrected chi connectivity index (χ4v) is 2.55. The summed E-state index contributed by atoms with van der Waals surface area (Å²) in [5, 5.41) is 0. The van der Waals surface area contributed by atoms with Gasteiger partial charge >= 0.3 is 0 Å². The molecule has 0 aromatic heterocycles. The van der Waals surface area contributed by atoms with Gasteiger partial charge < -0.3 is 0 Å². The summed E-state index contributed by atoms with van der Waals surface area (Å²) in [7, 11) is 0.373. The van der Waals surface area contributed by atoms with Gasteiger partial charge in [0, 0.05) is 12.3 Å². The van der Waals surface area contributed by atoms with Crippen molar-refractivity contribution in [1.82, 2.24) is 0 Å². The summed E-state index contributed by atoms with van der Waals surface area (Å²) in [6, 6.07) is 0. The van der Waals surface area contributed by atoms with E-state index < -0.39 is 0 Å². The van der Waals surface area contributed by atoms with Gasteiger partial charge in [-0.1, -0.05) is 6.08 Å². The van der Waals surface area contributed by atoms with Gasteiger partial charge in [0.1, 0.15) is 0 Å². The minimum atomic E-state index is 0.373. The molecule has 0 aliphatic carbocycles. The van der Waals surface area contributed by atoms with Crippen LogP contribution in [0.1, 0.15) is 6.42 Å². The summed E-state index contributed by atoms with van der Waals surface area (Å²) in [5.74, 6) is 2.11. The highest BCUT2D eigenvalue weighted by Gasteiger charge is 2.12. The van der Waals surface area contributed by atoms with Crippen LogP contribution < -0.4 is 0 Å². The van der Waals surface area contributed by atoms with Crippen LogP contribution >= 0.6 is 0 Å². The SMILES string of the molecule is C=CCC1CN=S(C)C1. The topological polar surface area (TPSA) is 12.4 Å². The normalized spacial score (nSPS) is 33.9. The van der Waals surface area contributed by atoms with E-state index in [1.54, 1.807) is 0 Å². The number of nitrogens with zero attached hydrogens (tertiary/aromatic N) is 1. The van der Waals surface area contributed by atoms with E-state index in [1.165, 1.54) is 5.75 Å². The van der Waals surface area contributed by atoms with Crippen LogP contribution in [0.25, 0.3) is 0 Å². The Morgan fingerprint density at radius 3 is 3.11 bits per heavy atom. The first-order valence-electron chi connectivity index (χ1n) is 3.24. The minimum absolute atomic E-state index is 0.373. The van der Waals surface area contributed by atoms with E-state index in [9.17, 15) is 0 Å². The molecule has 0 aromatic carbocycles. The van der Waals surface area contributed by atoms with Crippen LogP contribution in [0.15, 0.2) is 17.0 Å². The average Bonchev–Trinajstić information content (AvgIpc) is 2.17. The zero-order chi connectivity index (χ0) is 6.69. The first kappa shape index (κ1) is 7.00. The molecule has 0 fully saturated rings. The van der Waals surface area contributed by atoms with Gasteiger partial charge in [-0.2, -0.15) is 0 Å². The third-order valence-corrected chi connectivity index (χ3v) is 3.07. The number of hydrogen-bond donors (Lipinski definition) is 0. The molecule has 2 atom stereocenters. The van der Waals surface area contributed by atoms with Gasteiger partial charge in [-0.15, -0.1) is 17.3 Å². The van der Waals surface area contributed by atoms with E-state index in [0.717, 1.165) is 18.9 Å². The molecular weight excluding hydrogens is 130 g/mol. The van der Waals surface area contributed by atoms with Crippen molar-refractivity contribution in [2.75, 3.05) is 18.6 Å². The van der Waals surface area contributed by atoms with Crippen molar-refractivity contribution < 1.29 is 0 Å². The third-order valence-electron chi connectivity index (χ3n) is 1.53. The van der Waals surface area contributed by atoms with Crippen molar-refractivity contribution in [3.63, 3.8) is 0 Å². The summed E-state index contributed by atoms with van der Waals surface area (Å²) in [6.07, 6.45) is 5.37. The maximum atomic E-state index is 4.42. The molecule has 0 bridgehead atoms. The first-order valence-corrected chi connectivity index (χ1v) is 5.00. The van der Waals surface area contributed by atoms with E-state index in [0.29, 0.717) is 10.7 Å². The molecule has 0 saturated carbocycles. The van der Waals surface area contributed by atoms with Gasteiger partial charge in [0.15, 0.2) is 0 Å². The van der Waals surface area contributed by atoms with E-state index in [4.69, 9.17) is 0 Å². The van der Waals surface area contributed by atoms with E-state index in [1.807, 2.05) is 6.08 Å². The molecular formula is C7H13NS. The Kier molecular flexibility index (Phi) is 2.46. The molecule has 2 unspecified atom stereocenters. The molecule has 1 aliphatic rings. The fourth-order valence-electron chi connectivity index (χ4n) is 1.06. The minimum Gasteiger partial charge on any atom is -0.265 e. The second-order valence-electron chi connectivity index (χ2n) is 2.47. The predicted octanol–water partition coefficient (Wildman–Crippen LogP) is 1.62. The molecule has 0 saturated heterocycles. The average molecular weight is 143 g/mol. The van der Waals surface area contributed by atoms with Crippen molar-refractivity contribution in [2.45, 2.75) is 6.42 Å². The molecule has 0 N–H and O–H groups in total. The highest BCUT2D eigenvalue weighted by atomic mass is 32.2. The largest absolute Gasteiger partial charge is 0.265 e. The molecule has 9 heavy (non-hydrogen) atoms.